The molecule has 32 heavy (non-hydrogen) atoms. The number of hydrogen-bond acceptors (Lipinski definition) is 7. The number of piperidine rings is 1. The lowest BCUT2D eigenvalue weighted by atomic mass is 10.0. The molecular formula is C22H24N4O5S. The average molecular weight is 457 g/mol. The van der Waals surface area contributed by atoms with Crippen LogP contribution in [0.1, 0.15) is 51.9 Å². The van der Waals surface area contributed by atoms with E-state index in [4.69, 9.17) is 4.74 Å². The van der Waals surface area contributed by atoms with Crippen molar-refractivity contribution >= 4 is 45.8 Å². The lowest BCUT2D eigenvalue weighted by Gasteiger charge is -2.34. The minimum Gasteiger partial charge on any atom is -0.462 e. The lowest BCUT2D eigenvalue weighted by Crippen LogP contribution is -2.52. The van der Waals surface area contributed by atoms with Crippen molar-refractivity contribution in [2.45, 2.75) is 39.2 Å². The molecule has 1 unspecified atom stereocenters. The Balaban J connectivity index is 1.57. The first-order valence-electron chi connectivity index (χ1n) is 10.6. The van der Waals surface area contributed by atoms with E-state index < -0.39 is 17.9 Å². The molecule has 10 heteroatoms. The van der Waals surface area contributed by atoms with Crippen molar-refractivity contribution < 1.29 is 23.9 Å². The summed E-state index contributed by atoms with van der Waals surface area (Å²) in [5.74, 6) is -1.40. The van der Waals surface area contributed by atoms with E-state index in [1.165, 1.54) is 4.90 Å². The van der Waals surface area contributed by atoms with Gasteiger partial charge < -0.3 is 19.9 Å². The first-order valence-corrected chi connectivity index (χ1v) is 11.4. The number of para-hydroxylation sites is 1. The van der Waals surface area contributed by atoms with Crippen molar-refractivity contribution in [3.05, 3.63) is 40.4 Å². The van der Waals surface area contributed by atoms with E-state index in [2.05, 4.69) is 10.3 Å². The number of esters is 1. The molecule has 0 bridgehead atoms. The van der Waals surface area contributed by atoms with Crippen LogP contribution in [0.4, 0.5) is 10.8 Å². The number of carbonyl (C=O) groups is 4. The predicted molar refractivity (Wildman–Crippen MR) is 119 cm³/mol. The monoisotopic (exact) mass is 456 g/mol. The minimum atomic E-state index is -0.575. The van der Waals surface area contributed by atoms with Crippen molar-refractivity contribution in [3.8, 4) is 0 Å². The first-order chi connectivity index (χ1) is 15.4. The molecule has 9 nitrogen and oxygen atoms in total. The molecule has 0 aliphatic carbocycles. The molecular weight excluding hydrogens is 432 g/mol. The third-order valence-electron chi connectivity index (χ3n) is 5.55. The molecule has 168 valence electrons. The van der Waals surface area contributed by atoms with Crippen LogP contribution in [0.5, 0.6) is 0 Å². The molecule has 0 saturated carbocycles. The topological polar surface area (TPSA) is 109 Å². The summed E-state index contributed by atoms with van der Waals surface area (Å²) >= 11 is 1.02. The van der Waals surface area contributed by atoms with Gasteiger partial charge in [-0.1, -0.05) is 23.5 Å². The highest BCUT2D eigenvalue weighted by Crippen LogP contribution is 2.32. The third kappa shape index (κ3) is 4.10. The summed E-state index contributed by atoms with van der Waals surface area (Å²) in [5.41, 5.74) is 1.30. The Kier molecular flexibility index (Phi) is 6.22. The van der Waals surface area contributed by atoms with Gasteiger partial charge in [-0.05, 0) is 45.2 Å². The number of fused-ring (bicyclic) bond motifs is 2. The molecule has 1 N–H and O–H groups in total. The number of amides is 3. The van der Waals surface area contributed by atoms with Crippen LogP contribution in [0.25, 0.3) is 0 Å². The maximum Gasteiger partial charge on any atom is 0.350 e. The van der Waals surface area contributed by atoms with Gasteiger partial charge in [0, 0.05) is 6.54 Å². The molecule has 1 fully saturated rings. The van der Waals surface area contributed by atoms with Crippen LogP contribution in [0, 0.1) is 6.92 Å². The summed E-state index contributed by atoms with van der Waals surface area (Å²) in [6.07, 6.45) is 2.28. The van der Waals surface area contributed by atoms with Gasteiger partial charge in [-0.2, -0.15) is 0 Å². The molecule has 3 heterocycles. The van der Waals surface area contributed by atoms with Crippen LogP contribution in [0.2, 0.25) is 0 Å². The molecule has 0 spiro atoms. The highest BCUT2D eigenvalue weighted by molar-refractivity contribution is 7.17. The number of thiazole rings is 1. The molecule has 1 atom stereocenters. The van der Waals surface area contributed by atoms with E-state index in [1.807, 2.05) is 0 Å². The van der Waals surface area contributed by atoms with Crippen LogP contribution in [0.3, 0.4) is 0 Å². The standard InChI is InChI=1S/C22H24N4O5S/c1-3-31-21(30)18-13(2)23-22(32-18)24-17(27)12-26-15-9-5-4-8-14(15)19(28)25-11-7-6-10-16(25)20(26)29/h4-5,8-9,16H,3,6-7,10-12H2,1-2H3,(H,23,24,27). The molecule has 2 aliphatic rings. The van der Waals surface area contributed by atoms with E-state index in [9.17, 15) is 19.2 Å². The van der Waals surface area contributed by atoms with Gasteiger partial charge in [-0.15, -0.1) is 0 Å². The second-order valence-electron chi connectivity index (χ2n) is 7.65. The Morgan fingerprint density at radius 1 is 1.25 bits per heavy atom. The summed E-state index contributed by atoms with van der Waals surface area (Å²) in [6.45, 7) is 3.88. The van der Waals surface area contributed by atoms with Gasteiger partial charge in [0.15, 0.2) is 5.13 Å². The molecule has 0 radical (unpaired) electrons. The van der Waals surface area contributed by atoms with E-state index in [-0.39, 0.29) is 30.1 Å². The van der Waals surface area contributed by atoms with Crippen LogP contribution in [-0.2, 0) is 14.3 Å². The second kappa shape index (κ2) is 9.07. The number of rotatable bonds is 5. The van der Waals surface area contributed by atoms with E-state index in [1.54, 1.807) is 43.0 Å². The number of aromatic nitrogens is 1. The van der Waals surface area contributed by atoms with E-state index in [0.29, 0.717) is 34.8 Å². The quantitative estimate of drug-likeness (QED) is 0.693. The number of anilines is 2. The largest absolute Gasteiger partial charge is 0.462 e. The van der Waals surface area contributed by atoms with Crippen molar-refractivity contribution in [2.75, 3.05) is 29.9 Å². The zero-order valence-corrected chi connectivity index (χ0v) is 18.7. The fourth-order valence-electron chi connectivity index (χ4n) is 4.08. The van der Waals surface area contributed by atoms with Gasteiger partial charge in [0.1, 0.15) is 17.5 Å². The molecule has 1 saturated heterocycles. The van der Waals surface area contributed by atoms with Crippen molar-refractivity contribution in [1.82, 2.24) is 9.88 Å². The number of benzene rings is 1. The van der Waals surface area contributed by atoms with Gasteiger partial charge in [-0.3, -0.25) is 14.4 Å². The molecule has 2 aliphatic heterocycles. The van der Waals surface area contributed by atoms with Crippen molar-refractivity contribution in [1.29, 1.82) is 0 Å². The lowest BCUT2D eigenvalue weighted by molar-refractivity contribution is -0.125. The maximum atomic E-state index is 13.4. The van der Waals surface area contributed by atoms with Gasteiger partial charge in [0.05, 0.1) is 23.6 Å². The first kappa shape index (κ1) is 21.9. The summed E-state index contributed by atoms with van der Waals surface area (Å²) < 4.78 is 5.01. The van der Waals surface area contributed by atoms with Crippen LogP contribution in [-0.4, -0.2) is 59.3 Å². The van der Waals surface area contributed by atoms with E-state index >= 15 is 0 Å². The molecule has 1 aromatic carbocycles. The van der Waals surface area contributed by atoms with Gasteiger partial charge >= 0.3 is 5.97 Å². The number of ether oxygens (including phenoxy) is 1. The Labute approximate surface area is 189 Å². The number of aryl methyl sites for hydroxylation is 1. The number of hydrogen-bond donors (Lipinski definition) is 1. The number of nitrogens with one attached hydrogen (secondary N) is 1. The number of nitrogens with zero attached hydrogens (tertiary/aromatic N) is 3. The van der Waals surface area contributed by atoms with Gasteiger partial charge in [0.2, 0.25) is 11.8 Å². The average Bonchev–Trinajstić information content (AvgIpc) is 3.13. The predicted octanol–water partition coefficient (Wildman–Crippen LogP) is 2.61. The molecule has 4 rings (SSSR count). The number of carbonyl (C=O) groups excluding carboxylic acids is 4. The Morgan fingerprint density at radius 3 is 2.81 bits per heavy atom. The molecule has 3 amide bonds. The zero-order valence-electron chi connectivity index (χ0n) is 17.9. The minimum absolute atomic E-state index is 0.184. The second-order valence-corrected chi connectivity index (χ2v) is 8.65. The summed E-state index contributed by atoms with van der Waals surface area (Å²) in [4.78, 5) is 58.9. The van der Waals surface area contributed by atoms with Crippen LogP contribution >= 0.6 is 11.3 Å². The normalized spacial score (nSPS) is 18.0. The van der Waals surface area contributed by atoms with Crippen LogP contribution in [0.15, 0.2) is 24.3 Å². The van der Waals surface area contributed by atoms with Crippen molar-refractivity contribution in [2.24, 2.45) is 0 Å². The highest BCUT2D eigenvalue weighted by Gasteiger charge is 2.41. The Morgan fingerprint density at radius 2 is 2.03 bits per heavy atom. The van der Waals surface area contributed by atoms with E-state index in [0.717, 1.165) is 24.2 Å². The summed E-state index contributed by atoms with van der Waals surface area (Å²) in [5, 5.41) is 2.92. The highest BCUT2D eigenvalue weighted by atomic mass is 32.1. The fraction of sp³-hybridized carbons (Fsp3) is 0.409. The summed E-state index contributed by atoms with van der Waals surface area (Å²) in [7, 11) is 0. The Bertz CT molecular complexity index is 1080. The van der Waals surface area contributed by atoms with Crippen molar-refractivity contribution in [3.63, 3.8) is 0 Å². The van der Waals surface area contributed by atoms with Gasteiger partial charge in [-0.25, -0.2) is 9.78 Å². The zero-order chi connectivity index (χ0) is 22.8. The Hall–Kier alpha value is -3.27. The van der Waals surface area contributed by atoms with Gasteiger partial charge in [0.25, 0.3) is 5.91 Å². The smallest absolute Gasteiger partial charge is 0.350 e. The molecule has 2 aromatic rings. The fourth-order valence-corrected chi connectivity index (χ4v) is 4.95. The third-order valence-corrected chi connectivity index (χ3v) is 6.60. The maximum absolute atomic E-state index is 13.4. The SMILES string of the molecule is CCOC(=O)c1sc(NC(=O)CN2C(=O)C3CCCCN3C(=O)c3ccccc32)nc1C. The molecule has 1 aromatic heterocycles. The van der Waals surface area contributed by atoms with Crippen LogP contribution < -0.4 is 10.2 Å². The summed E-state index contributed by atoms with van der Waals surface area (Å²) in [6, 6.07) is 6.28.